The van der Waals surface area contributed by atoms with E-state index in [1.165, 1.54) is 5.56 Å². The van der Waals surface area contributed by atoms with E-state index < -0.39 is 0 Å². The minimum absolute atomic E-state index is 0.0835. The number of aromatic nitrogens is 1. The molecule has 1 saturated carbocycles. The fourth-order valence-electron chi connectivity index (χ4n) is 4.03. The van der Waals surface area contributed by atoms with Gasteiger partial charge in [0, 0.05) is 29.5 Å². The third-order valence-electron chi connectivity index (χ3n) is 5.36. The number of carbonyl (C=O) groups is 2. The molecule has 1 unspecified atom stereocenters. The first-order chi connectivity index (χ1) is 12.6. The summed E-state index contributed by atoms with van der Waals surface area (Å²) in [6, 6.07) is 11.6. The highest BCUT2D eigenvalue weighted by molar-refractivity contribution is 6.08. The molecule has 2 aromatic rings. The number of para-hydroxylation sites is 1. The Labute approximate surface area is 153 Å². The highest BCUT2D eigenvalue weighted by atomic mass is 16.2. The van der Waals surface area contributed by atoms with Gasteiger partial charge in [-0.15, -0.1) is 0 Å². The molecule has 134 valence electrons. The van der Waals surface area contributed by atoms with E-state index in [0.717, 1.165) is 37.8 Å². The molecule has 4 rings (SSSR count). The van der Waals surface area contributed by atoms with Gasteiger partial charge in [0.15, 0.2) is 0 Å². The summed E-state index contributed by atoms with van der Waals surface area (Å²) in [5.74, 6) is -0.277. The van der Waals surface area contributed by atoms with E-state index >= 15 is 0 Å². The van der Waals surface area contributed by atoms with E-state index in [1.807, 2.05) is 30.0 Å². The van der Waals surface area contributed by atoms with Crippen molar-refractivity contribution in [3.63, 3.8) is 0 Å². The van der Waals surface area contributed by atoms with Crippen LogP contribution in [0.4, 0.5) is 5.69 Å². The van der Waals surface area contributed by atoms with Crippen LogP contribution in [-0.2, 0) is 6.42 Å². The number of anilines is 1. The van der Waals surface area contributed by atoms with Crippen molar-refractivity contribution in [2.75, 3.05) is 4.90 Å². The number of carbonyl (C=O) groups excluding carboxylic acids is 2. The fraction of sp³-hybridized carbons (Fsp3) is 0.381. The van der Waals surface area contributed by atoms with Gasteiger partial charge in [-0.05, 0) is 49.9 Å². The minimum Gasteiger partial charge on any atom is -0.348 e. The molecular formula is C21H23N3O2. The molecule has 5 heteroatoms. The van der Waals surface area contributed by atoms with Crippen molar-refractivity contribution in [3.8, 4) is 0 Å². The Balaban J connectivity index is 1.56. The number of benzene rings is 1. The molecule has 2 aliphatic rings. The molecule has 2 heterocycles. The first-order valence-corrected chi connectivity index (χ1v) is 9.32. The topological polar surface area (TPSA) is 62.3 Å². The third-order valence-corrected chi connectivity index (χ3v) is 5.36. The Hall–Kier alpha value is -2.69. The van der Waals surface area contributed by atoms with E-state index in [2.05, 4.69) is 16.4 Å². The maximum absolute atomic E-state index is 13.1. The van der Waals surface area contributed by atoms with Gasteiger partial charge in [0.05, 0.1) is 0 Å². The van der Waals surface area contributed by atoms with Gasteiger partial charge >= 0.3 is 0 Å². The summed E-state index contributed by atoms with van der Waals surface area (Å²) in [5.41, 5.74) is 2.95. The van der Waals surface area contributed by atoms with E-state index in [4.69, 9.17) is 0 Å². The zero-order valence-corrected chi connectivity index (χ0v) is 14.9. The number of pyridine rings is 1. The van der Waals surface area contributed by atoms with Crippen LogP contribution in [0.5, 0.6) is 0 Å². The largest absolute Gasteiger partial charge is 0.348 e. The van der Waals surface area contributed by atoms with Gasteiger partial charge in [-0.1, -0.05) is 31.0 Å². The number of nitrogens with one attached hydrogen (secondary N) is 1. The molecule has 1 fully saturated rings. The Morgan fingerprint density at radius 2 is 1.92 bits per heavy atom. The summed E-state index contributed by atoms with van der Waals surface area (Å²) in [5, 5.41) is 3.03. The van der Waals surface area contributed by atoms with Crippen molar-refractivity contribution in [2.45, 2.75) is 51.1 Å². The number of rotatable bonds is 3. The third kappa shape index (κ3) is 3.09. The average Bonchev–Trinajstić information content (AvgIpc) is 3.27. The smallest absolute Gasteiger partial charge is 0.270 e. The van der Waals surface area contributed by atoms with Crippen LogP contribution in [0, 0.1) is 0 Å². The number of amides is 2. The zero-order chi connectivity index (χ0) is 18.1. The van der Waals surface area contributed by atoms with Gasteiger partial charge in [-0.3, -0.25) is 14.6 Å². The van der Waals surface area contributed by atoms with Crippen molar-refractivity contribution in [1.82, 2.24) is 10.3 Å². The van der Waals surface area contributed by atoms with Gasteiger partial charge < -0.3 is 10.2 Å². The summed E-state index contributed by atoms with van der Waals surface area (Å²) < 4.78 is 0. The predicted octanol–water partition coefficient (Wildman–Crippen LogP) is 3.35. The Bertz CT molecular complexity index is 843. The SMILES string of the molecule is CC1Cc2ccccc2N1C(=O)c1ccnc(C(=O)NC2CCCC2)c1. The lowest BCUT2D eigenvalue weighted by atomic mass is 10.1. The maximum atomic E-state index is 13.1. The van der Waals surface area contributed by atoms with Crippen molar-refractivity contribution in [3.05, 3.63) is 59.4 Å². The quantitative estimate of drug-likeness (QED) is 0.924. The number of nitrogens with zero attached hydrogens (tertiary/aromatic N) is 2. The van der Waals surface area contributed by atoms with Crippen LogP contribution in [0.3, 0.4) is 0 Å². The van der Waals surface area contributed by atoms with Crippen LogP contribution >= 0.6 is 0 Å². The summed E-state index contributed by atoms with van der Waals surface area (Å²) in [4.78, 5) is 31.6. The van der Waals surface area contributed by atoms with Gasteiger partial charge in [-0.25, -0.2) is 0 Å². The van der Waals surface area contributed by atoms with E-state index in [9.17, 15) is 9.59 Å². The lowest BCUT2D eigenvalue weighted by molar-refractivity contribution is 0.0933. The van der Waals surface area contributed by atoms with Crippen molar-refractivity contribution in [1.29, 1.82) is 0 Å². The second kappa shape index (κ2) is 6.90. The van der Waals surface area contributed by atoms with Crippen molar-refractivity contribution in [2.24, 2.45) is 0 Å². The number of fused-ring (bicyclic) bond motifs is 1. The molecule has 1 N–H and O–H groups in total. The number of hydrogen-bond donors (Lipinski definition) is 1. The number of hydrogen-bond acceptors (Lipinski definition) is 3. The standard InChI is InChI=1S/C21H23N3O2/c1-14-12-15-6-2-5-9-19(15)24(14)21(26)16-10-11-22-18(13-16)20(25)23-17-7-3-4-8-17/h2,5-6,9-11,13-14,17H,3-4,7-8,12H2,1H3,(H,23,25). The minimum atomic E-state index is -0.193. The van der Waals surface area contributed by atoms with E-state index in [1.54, 1.807) is 18.3 Å². The van der Waals surface area contributed by atoms with Crippen LogP contribution in [0.2, 0.25) is 0 Å². The Morgan fingerprint density at radius 3 is 2.73 bits per heavy atom. The summed E-state index contributed by atoms with van der Waals surface area (Å²) in [7, 11) is 0. The van der Waals surface area contributed by atoms with Gasteiger partial charge in [0.1, 0.15) is 5.69 Å². The second-order valence-electron chi connectivity index (χ2n) is 7.24. The van der Waals surface area contributed by atoms with Crippen LogP contribution < -0.4 is 10.2 Å². The summed E-state index contributed by atoms with van der Waals surface area (Å²) >= 11 is 0. The zero-order valence-electron chi connectivity index (χ0n) is 14.9. The molecule has 1 aliphatic carbocycles. The van der Waals surface area contributed by atoms with Gasteiger partial charge in [-0.2, -0.15) is 0 Å². The first kappa shape index (κ1) is 16.8. The Kier molecular flexibility index (Phi) is 4.45. The normalized spacial score (nSPS) is 19.4. The van der Waals surface area contributed by atoms with E-state index in [0.29, 0.717) is 11.3 Å². The molecule has 5 nitrogen and oxygen atoms in total. The van der Waals surface area contributed by atoms with Crippen LogP contribution in [0.15, 0.2) is 42.6 Å². The predicted molar refractivity (Wildman–Crippen MR) is 100 cm³/mol. The highest BCUT2D eigenvalue weighted by Crippen LogP contribution is 2.33. The summed E-state index contributed by atoms with van der Waals surface area (Å²) in [6.07, 6.45) is 6.75. The molecule has 1 aliphatic heterocycles. The first-order valence-electron chi connectivity index (χ1n) is 9.32. The molecule has 1 aromatic carbocycles. The second-order valence-corrected chi connectivity index (χ2v) is 7.24. The lowest BCUT2D eigenvalue weighted by Gasteiger charge is -2.23. The van der Waals surface area contributed by atoms with Crippen molar-refractivity contribution < 1.29 is 9.59 Å². The van der Waals surface area contributed by atoms with E-state index in [-0.39, 0.29) is 23.9 Å². The molecule has 1 atom stereocenters. The lowest BCUT2D eigenvalue weighted by Crippen LogP contribution is -2.36. The molecule has 2 amide bonds. The van der Waals surface area contributed by atoms with Gasteiger partial charge in [0.2, 0.25) is 0 Å². The van der Waals surface area contributed by atoms with Gasteiger partial charge in [0.25, 0.3) is 11.8 Å². The molecule has 0 spiro atoms. The monoisotopic (exact) mass is 349 g/mol. The average molecular weight is 349 g/mol. The van der Waals surface area contributed by atoms with Crippen LogP contribution in [-0.4, -0.2) is 28.9 Å². The highest BCUT2D eigenvalue weighted by Gasteiger charge is 2.31. The van der Waals surface area contributed by atoms with Crippen molar-refractivity contribution >= 4 is 17.5 Å². The Morgan fingerprint density at radius 1 is 1.15 bits per heavy atom. The maximum Gasteiger partial charge on any atom is 0.270 e. The fourth-order valence-corrected chi connectivity index (χ4v) is 4.03. The molecule has 1 aromatic heterocycles. The summed E-state index contributed by atoms with van der Waals surface area (Å²) in [6.45, 7) is 2.05. The molecule has 0 bridgehead atoms. The molecule has 0 radical (unpaired) electrons. The van der Waals surface area contributed by atoms with Crippen LogP contribution in [0.1, 0.15) is 59.0 Å². The molecule has 26 heavy (non-hydrogen) atoms. The van der Waals surface area contributed by atoms with Crippen LogP contribution in [0.25, 0.3) is 0 Å². The molecule has 0 saturated heterocycles. The molecular weight excluding hydrogens is 326 g/mol.